The Labute approximate surface area is 163 Å². The van der Waals surface area contributed by atoms with Crippen LogP contribution in [0.5, 0.6) is 0 Å². The first kappa shape index (κ1) is 19.7. The molecule has 1 aliphatic heterocycles. The van der Waals surface area contributed by atoms with Gasteiger partial charge in [-0.1, -0.05) is 49.6 Å². The minimum absolute atomic E-state index is 0.00229. The van der Waals surface area contributed by atoms with Crippen molar-refractivity contribution in [2.45, 2.75) is 57.4 Å². The SMILES string of the molecule is CN1CCCCCCN(C(=O)NCCc2ccccc2)[C@H]2CCC[C@H]2C1=O. The Hall–Kier alpha value is -2.04. The summed E-state index contributed by atoms with van der Waals surface area (Å²) in [5, 5.41) is 3.10. The Morgan fingerprint density at radius 1 is 1.04 bits per heavy atom. The van der Waals surface area contributed by atoms with Crippen molar-refractivity contribution in [3.05, 3.63) is 35.9 Å². The molecule has 148 valence electrons. The lowest BCUT2D eigenvalue weighted by Gasteiger charge is -2.34. The molecule has 0 bridgehead atoms. The molecule has 5 heteroatoms. The molecule has 1 aromatic rings. The summed E-state index contributed by atoms with van der Waals surface area (Å²) in [4.78, 5) is 29.7. The number of amides is 3. The first-order valence-electron chi connectivity index (χ1n) is 10.5. The van der Waals surface area contributed by atoms with Crippen molar-refractivity contribution < 1.29 is 9.59 Å². The van der Waals surface area contributed by atoms with Gasteiger partial charge in [-0.25, -0.2) is 4.79 Å². The van der Waals surface area contributed by atoms with Crippen LogP contribution in [0.2, 0.25) is 0 Å². The van der Waals surface area contributed by atoms with E-state index in [1.54, 1.807) is 0 Å². The van der Waals surface area contributed by atoms with Gasteiger partial charge in [0.05, 0.1) is 5.92 Å². The summed E-state index contributed by atoms with van der Waals surface area (Å²) >= 11 is 0. The zero-order valence-electron chi connectivity index (χ0n) is 16.5. The first-order valence-corrected chi connectivity index (χ1v) is 10.5. The third-order valence-corrected chi connectivity index (χ3v) is 6.01. The van der Waals surface area contributed by atoms with Crippen LogP contribution in [0.25, 0.3) is 0 Å². The van der Waals surface area contributed by atoms with Crippen LogP contribution in [0.4, 0.5) is 4.79 Å². The third-order valence-electron chi connectivity index (χ3n) is 6.01. The number of rotatable bonds is 3. The van der Waals surface area contributed by atoms with Gasteiger partial charge in [0, 0.05) is 32.7 Å². The Kier molecular flexibility index (Phi) is 7.13. The quantitative estimate of drug-likeness (QED) is 0.885. The Balaban J connectivity index is 1.64. The minimum atomic E-state index is -0.0343. The third kappa shape index (κ3) is 5.24. The van der Waals surface area contributed by atoms with Crippen LogP contribution in [-0.4, -0.2) is 54.5 Å². The van der Waals surface area contributed by atoms with E-state index in [9.17, 15) is 9.59 Å². The zero-order valence-corrected chi connectivity index (χ0v) is 16.5. The van der Waals surface area contributed by atoms with E-state index in [0.29, 0.717) is 6.54 Å². The van der Waals surface area contributed by atoms with E-state index < -0.39 is 0 Å². The average molecular weight is 372 g/mol. The van der Waals surface area contributed by atoms with Gasteiger partial charge in [0.25, 0.3) is 0 Å². The highest BCUT2D eigenvalue weighted by atomic mass is 16.2. The van der Waals surface area contributed by atoms with Crippen molar-refractivity contribution in [2.75, 3.05) is 26.7 Å². The molecule has 2 aliphatic rings. The van der Waals surface area contributed by atoms with Gasteiger partial charge in [-0.3, -0.25) is 4.79 Å². The van der Waals surface area contributed by atoms with E-state index >= 15 is 0 Å². The maximum absolute atomic E-state index is 13.0. The molecule has 1 aromatic carbocycles. The molecule has 3 amide bonds. The van der Waals surface area contributed by atoms with Crippen molar-refractivity contribution in [1.29, 1.82) is 0 Å². The molecule has 2 fully saturated rings. The molecular formula is C22H33N3O2. The molecule has 1 saturated heterocycles. The van der Waals surface area contributed by atoms with Gasteiger partial charge >= 0.3 is 6.03 Å². The minimum Gasteiger partial charge on any atom is -0.345 e. The molecule has 27 heavy (non-hydrogen) atoms. The van der Waals surface area contributed by atoms with Gasteiger partial charge in [-0.2, -0.15) is 0 Å². The van der Waals surface area contributed by atoms with E-state index in [4.69, 9.17) is 0 Å². The van der Waals surface area contributed by atoms with Gasteiger partial charge in [0.2, 0.25) is 5.91 Å². The van der Waals surface area contributed by atoms with Crippen LogP contribution in [0.3, 0.4) is 0 Å². The number of nitrogens with one attached hydrogen (secondary N) is 1. The maximum atomic E-state index is 13.0. The standard InChI is InChI=1S/C22H33N3O2/c1-24-16-7-2-3-8-17-25(20-13-9-12-19(20)21(24)26)22(27)23-15-14-18-10-5-4-6-11-18/h4-6,10-11,19-20H,2-3,7-9,12-17H2,1H3,(H,23,27)/t19-,20+/m1/s1. The summed E-state index contributed by atoms with van der Waals surface area (Å²) in [6, 6.07) is 10.3. The molecule has 0 spiro atoms. The van der Waals surface area contributed by atoms with Crippen LogP contribution < -0.4 is 5.32 Å². The molecule has 5 nitrogen and oxygen atoms in total. The van der Waals surface area contributed by atoms with Gasteiger partial charge in [-0.05, 0) is 37.7 Å². The fraction of sp³-hybridized carbons (Fsp3) is 0.636. The fourth-order valence-corrected chi connectivity index (χ4v) is 4.46. The van der Waals surface area contributed by atoms with Crippen LogP contribution in [0, 0.1) is 5.92 Å². The monoisotopic (exact) mass is 371 g/mol. The van der Waals surface area contributed by atoms with Crippen molar-refractivity contribution >= 4 is 11.9 Å². The fourth-order valence-electron chi connectivity index (χ4n) is 4.46. The number of carbonyl (C=O) groups is 2. The van der Waals surface area contributed by atoms with E-state index in [2.05, 4.69) is 17.4 Å². The molecule has 0 aromatic heterocycles. The van der Waals surface area contributed by atoms with E-state index in [1.165, 1.54) is 5.56 Å². The smallest absolute Gasteiger partial charge is 0.317 e. The molecule has 3 rings (SSSR count). The highest BCUT2D eigenvalue weighted by Gasteiger charge is 2.39. The second-order valence-corrected chi connectivity index (χ2v) is 7.94. The second-order valence-electron chi connectivity index (χ2n) is 7.94. The van der Waals surface area contributed by atoms with Crippen LogP contribution in [-0.2, 0) is 11.2 Å². The molecule has 1 saturated carbocycles. The zero-order chi connectivity index (χ0) is 19.1. The number of hydrogen-bond donors (Lipinski definition) is 1. The van der Waals surface area contributed by atoms with Gasteiger partial charge < -0.3 is 15.1 Å². The van der Waals surface area contributed by atoms with Crippen LogP contribution in [0.15, 0.2) is 30.3 Å². The predicted octanol–water partition coefficient (Wildman–Crippen LogP) is 3.44. The largest absolute Gasteiger partial charge is 0.345 e. The Morgan fingerprint density at radius 3 is 2.56 bits per heavy atom. The number of nitrogens with zero attached hydrogens (tertiary/aromatic N) is 2. The van der Waals surface area contributed by atoms with Crippen molar-refractivity contribution in [3.8, 4) is 0 Å². The summed E-state index contributed by atoms with van der Waals surface area (Å²) in [6.45, 7) is 2.23. The number of fused-ring (bicyclic) bond motifs is 1. The summed E-state index contributed by atoms with van der Waals surface area (Å²) in [5.41, 5.74) is 1.23. The molecule has 0 radical (unpaired) electrons. The maximum Gasteiger partial charge on any atom is 0.317 e. The lowest BCUT2D eigenvalue weighted by molar-refractivity contribution is -0.135. The normalized spacial score (nSPS) is 24.3. The van der Waals surface area contributed by atoms with E-state index in [0.717, 1.165) is 64.5 Å². The van der Waals surface area contributed by atoms with Crippen molar-refractivity contribution in [2.24, 2.45) is 5.92 Å². The Bertz CT molecular complexity index is 619. The average Bonchev–Trinajstić information content (AvgIpc) is 3.15. The second kappa shape index (κ2) is 9.77. The first-order chi connectivity index (χ1) is 13.2. The van der Waals surface area contributed by atoms with Crippen LogP contribution >= 0.6 is 0 Å². The van der Waals surface area contributed by atoms with Gasteiger partial charge in [0.1, 0.15) is 0 Å². The van der Waals surface area contributed by atoms with Gasteiger partial charge in [0.15, 0.2) is 0 Å². The molecule has 1 N–H and O–H groups in total. The lowest BCUT2D eigenvalue weighted by atomic mass is 10.00. The summed E-state index contributed by atoms with van der Waals surface area (Å²) in [5.74, 6) is 0.189. The van der Waals surface area contributed by atoms with E-state index in [-0.39, 0.29) is 23.9 Å². The number of benzene rings is 1. The number of urea groups is 1. The molecule has 0 unspecified atom stereocenters. The van der Waals surface area contributed by atoms with Gasteiger partial charge in [-0.15, -0.1) is 0 Å². The summed E-state index contributed by atoms with van der Waals surface area (Å²) < 4.78 is 0. The molecular weight excluding hydrogens is 338 g/mol. The molecule has 2 atom stereocenters. The van der Waals surface area contributed by atoms with Crippen LogP contribution in [0.1, 0.15) is 50.5 Å². The van der Waals surface area contributed by atoms with Crippen molar-refractivity contribution in [3.63, 3.8) is 0 Å². The highest BCUT2D eigenvalue weighted by molar-refractivity contribution is 5.81. The van der Waals surface area contributed by atoms with Crippen molar-refractivity contribution in [1.82, 2.24) is 15.1 Å². The molecule has 1 heterocycles. The topological polar surface area (TPSA) is 52.6 Å². The van der Waals surface area contributed by atoms with E-state index in [1.807, 2.05) is 35.0 Å². The Morgan fingerprint density at radius 2 is 1.78 bits per heavy atom. The summed E-state index contributed by atoms with van der Waals surface area (Å²) in [6.07, 6.45) is 8.02. The highest BCUT2D eigenvalue weighted by Crippen LogP contribution is 2.32. The number of hydrogen-bond acceptors (Lipinski definition) is 2. The lowest BCUT2D eigenvalue weighted by Crippen LogP contribution is -2.51. The summed E-state index contributed by atoms with van der Waals surface area (Å²) in [7, 11) is 1.92. The molecule has 1 aliphatic carbocycles. The number of carbonyl (C=O) groups excluding carboxylic acids is 2. The predicted molar refractivity (Wildman–Crippen MR) is 107 cm³/mol.